The maximum atomic E-state index is 13.4. The zero-order valence-electron chi connectivity index (χ0n) is 34.9. The Kier molecular flexibility index (Phi) is 12.3. The monoisotopic (exact) mass is 993 g/mol. The molecule has 8 rings (SSSR count). The van der Waals surface area contributed by atoms with Gasteiger partial charge in [-0.05, 0) is 103 Å². The van der Waals surface area contributed by atoms with Crippen LogP contribution in [-0.4, -0.2) is 77.9 Å². The summed E-state index contributed by atoms with van der Waals surface area (Å²) in [6.45, 7) is 1.47. The van der Waals surface area contributed by atoms with Gasteiger partial charge in [0.2, 0.25) is 0 Å². The van der Waals surface area contributed by atoms with Gasteiger partial charge in [0.25, 0.3) is 36.3 Å². The smallest absolute Gasteiger partial charge is 0.338 e. The van der Waals surface area contributed by atoms with Gasteiger partial charge in [0.1, 0.15) is 22.0 Å². The number of anilines is 3. The molecule has 69 heavy (non-hydrogen) atoms. The van der Waals surface area contributed by atoms with Gasteiger partial charge in [-0.25, -0.2) is 4.79 Å². The minimum Gasteiger partial charge on any atom is -0.506 e. The predicted molar refractivity (Wildman–Crippen MR) is 247 cm³/mol. The van der Waals surface area contributed by atoms with Crippen LogP contribution in [0.3, 0.4) is 0 Å². The van der Waals surface area contributed by atoms with E-state index in [4.69, 9.17) is 0 Å². The van der Waals surface area contributed by atoms with Gasteiger partial charge in [0, 0.05) is 33.6 Å². The number of benzene rings is 7. The van der Waals surface area contributed by atoms with Crippen LogP contribution in [0.4, 0.5) is 45.5 Å². The van der Waals surface area contributed by atoms with Crippen LogP contribution in [-0.2, 0) is 35.1 Å². The quantitative estimate of drug-likeness (QED) is 0.0418. The average molecular weight is 994 g/mol. The number of nitrogens with one attached hydrogen (secondary N) is 1. The Hall–Kier alpha value is -8.40. The normalized spacial score (nSPS) is 14.7. The number of carboxylic acids is 1. The van der Waals surface area contributed by atoms with Gasteiger partial charge in [0.15, 0.2) is 11.8 Å². The third kappa shape index (κ3) is 9.86. The standard InChI is InChI=1S/C43H31N9O14S3/c1-22-38(48-46-34-16-13-29(68(61,62)63)20-33(34)43(56)57)42(55)52(51-22)27-10-7-25(8-11-27)45-47-35-21-36(53)39(31-15-12-28(19-32(31)35)67(58,59)60)49-50-40-37(69(64,65)66)18-23-17-26(9-14-30(23)41(40)54)44-24-5-3-2-4-6-24/h2-21,38,44,53-54H,1H3,(H,56,57)(H,58,59,60)(H,61,62,63)(H,64,65,66). The Labute approximate surface area is 389 Å². The number of rotatable bonds is 13. The van der Waals surface area contributed by atoms with Crippen molar-refractivity contribution in [2.45, 2.75) is 27.7 Å². The summed E-state index contributed by atoms with van der Waals surface area (Å²) < 4.78 is 102. The average Bonchev–Trinajstić information content (AvgIpc) is 3.58. The first-order valence-electron chi connectivity index (χ1n) is 19.5. The fourth-order valence-corrected chi connectivity index (χ4v) is 8.59. The van der Waals surface area contributed by atoms with Crippen molar-refractivity contribution in [3.63, 3.8) is 0 Å². The van der Waals surface area contributed by atoms with E-state index in [0.29, 0.717) is 11.8 Å². The second kappa shape index (κ2) is 18.0. The highest BCUT2D eigenvalue weighted by Crippen LogP contribution is 2.46. The molecular formula is C43H31N9O14S3. The fourth-order valence-electron chi connectivity index (χ4n) is 6.91. The second-order valence-electron chi connectivity index (χ2n) is 14.8. The molecule has 1 atom stereocenters. The molecule has 0 saturated carbocycles. The molecule has 0 radical (unpaired) electrons. The number of carbonyl (C=O) groups is 2. The zero-order valence-corrected chi connectivity index (χ0v) is 37.3. The lowest BCUT2D eigenvalue weighted by atomic mass is 10.1. The predicted octanol–water partition coefficient (Wildman–Crippen LogP) is 9.29. The van der Waals surface area contributed by atoms with Crippen molar-refractivity contribution >= 4 is 115 Å². The highest BCUT2D eigenvalue weighted by molar-refractivity contribution is 7.86. The van der Waals surface area contributed by atoms with Gasteiger partial charge in [-0.15, -0.1) is 15.3 Å². The lowest BCUT2D eigenvalue weighted by Crippen LogP contribution is -2.29. The molecule has 0 fully saturated rings. The van der Waals surface area contributed by atoms with Crippen LogP contribution in [0, 0.1) is 0 Å². The molecule has 1 aliphatic heterocycles. The van der Waals surface area contributed by atoms with Crippen molar-refractivity contribution in [1.29, 1.82) is 0 Å². The molecule has 1 aliphatic rings. The third-order valence-corrected chi connectivity index (χ3v) is 12.8. The number of phenols is 2. The van der Waals surface area contributed by atoms with Crippen LogP contribution < -0.4 is 10.3 Å². The number of fused-ring (bicyclic) bond motifs is 2. The highest BCUT2D eigenvalue weighted by atomic mass is 32.2. The Balaban J connectivity index is 1.08. The molecule has 0 bridgehead atoms. The number of amides is 1. The number of carbonyl (C=O) groups excluding carboxylic acids is 1. The van der Waals surface area contributed by atoms with Crippen LogP contribution in [0.15, 0.2) is 172 Å². The molecule has 0 aliphatic carbocycles. The van der Waals surface area contributed by atoms with E-state index < -0.39 is 85.7 Å². The number of hydrogen-bond acceptors (Lipinski definition) is 18. The Morgan fingerprint density at radius 3 is 1.96 bits per heavy atom. The number of aromatic hydroxyl groups is 2. The van der Waals surface area contributed by atoms with Gasteiger partial charge < -0.3 is 20.6 Å². The maximum absolute atomic E-state index is 13.4. The lowest BCUT2D eigenvalue weighted by Gasteiger charge is -2.12. The van der Waals surface area contributed by atoms with Crippen molar-refractivity contribution in [2.75, 3.05) is 10.3 Å². The summed E-state index contributed by atoms with van der Waals surface area (Å²) in [5.41, 5.74) is -0.367. The lowest BCUT2D eigenvalue weighted by molar-refractivity contribution is -0.117. The molecule has 350 valence electrons. The number of hydrazone groups is 1. The molecule has 26 heteroatoms. The summed E-state index contributed by atoms with van der Waals surface area (Å²) in [6, 6.07) is 25.9. The molecule has 7 aromatic carbocycles. The Bertz CT molecular complexity index is 3780. The van der Waals surface area contributed by atoms with Gasteiger partial charge in [0.05, 0.1) is 43.8 Å². The van der Waals surface area contributed by atoms with E-state index in [1.54, 1.807) is 30.3 Å². The van der Waals surface area contributed by atoms with E-state index in [9.17, 15) is 63.8 Å². The topological polar surface area (TPSA) is 360 Å². The summed E-state index contributed by atoms with van der Waals surface area (Å²) >= 11 is 0. The number of nitrogens with zero attached hydrogens (tertiary/aromatic N) is 8. The molecule has 23 nitrogen and oxygen atoms in total. The number of phenolic OH excluding ortho intramolecular Hbond substituents is 2. The summed E-state index contributed by atoms with van der Waals surface area (Å²) in [6.07, 6.45) is 0. The van der Waals surface area contributed by atoms with Crippen LogP contribution in [0.1, 0.15) is 17.3 Å². The van der Waals surface area contributed by atoms with Crippen LogP contribution in [0.5, 0.6) is 11.5 Å². The molecular weight excluding hydrogens is 963 g/mol. The van der Waals surface area contributed by atoms with Gasteiger partial charge in [-0.3, -0.25) is 18.5 Å². The number of azo groups is 3. The van der Waals surface area contributed by atoms with E-state index in [2.05, 4.69) is 41.1 Å². The summed E-state index contributed by atoms with van der Waals surface area (Å²) in [7, 11) is -14.6. The summed E-state index contributed by atoms with van der Waals surface area (Å²) in [4.78, 5) is 23.0. The number of hydrogen-bond donors (Lipinski definition) is 7. The molecule has 0 spiro atoms. The summed E-state index contributed by atoms with van der Waals surface area (Å²) in [5.74, 6) is -3.59. The zero-order chi connectivity index (χ0) is 49.6. The van der Waals surface area contributed by atoms with Crippen molar-refractivity contribution in [1.82, 2.24) is 0 Å². The molecule has 1 heterocycles. The molecule has 7 aromatic rings. The maximum Gasteiger partial charge on any atom is 0.338 e. The van der Waals surface area contributed by atoms with Crippen LogP contribution in [0.25, 0.3) is 21.5 Å². The van der Waals surface area contributed by atoms with Crippen molar-refractivity contribution < 1.29 is 63.8 Å². The van der Waals surface area contributed by atoms with E-state index in [-0.39, 0.29) is 55.7 Å². The molecule has 1 amide bonds. The Morgan fingerprint density at radius 2 is 1.29 bits per heavy atom. The molecule has 1 unspecified atom stereocenters. The van der Waals surface area contributed by atoms with E-state index in [1.165, 1.54) is 43.3 Å². The number of para-hydroxylation sites is 1. The highest BCUT2D eigenvalue weighted by Gasteiger charge is 2.35. The molecule has 0 aromatic heterocycles. The first-order chi connectivity index (χ1) is 32.6. The van der Waals surface area contributed by atoms with E-state index in [1.807, 2.05) is 6.07 Å². The van der Waals surface area contributed by atoms with Crippen molar-refractivity contribution in [3.05, 3.63) is 127 Å². The van der Waals surface area contributed by atoms with Crippen LogP contribution >= 0.6 is 0 Å². The second-order valence-corrected chi connectivity index (χ2v) is 19.0. The SMILES string of the molecule is CC1=NN(c2ccc(N=Nc3cc(O)c(N=Nc4c(S(=O)(=O)O)cc5cc(Nc6ccccc6)ccc5c4O)c4ccc(S(=O)(=O)O)cc34)cc2)C(=O)C1N=Nc1ccc(S(=O)(=O)O)cc1C(=O)O. The fraction of sp³-hybridized carbons (Fsp3) is 0.0465. The Morgan fingerprint density at radius 1 is 0.638 bits per heavy atom. The summed E-state index contributed by atoms with van der Waals surface area (Å²) in [5, 5.41) is 64.7. The number of aromatic carboxylic acids is 1. The molecule has 7 N–H and O–H groups in total. The van der Waals surface area contributed by atoms with Crippen molar-refractivity contribution in [3.8, 4) is 11.5 Å². The third-order valence-electron chi connectivity index (χ3n) is 10.2. The first-order valence-corrected chi connectivity index (χ1v) is 23.8. The van der Waals surface area contributed by atoms with E-state index >= 15 is 0 Å². The number of carboxylic acid groups (broad SMARTS) is 1. The first kappa shape index (κ1) is 47.1. The minimum atomic E-state index is -5.06. The van der Waals surface area contributed by atoms with Gasteiger partial charge in [-0.2, -0.15) is 50.7 Å². The van der Waals surface area contributed by atoms with E-state index in [0.717, 1.165) is 53.2 Å². The van der Waals surface area contributed by atoms with Gasteiger partial charge in [-0.1, -0.05) is 24.3 Å². The molecule has 0 saturated heterocycles. The van der Waals surface area contributed by atoms with Crippen molar-refractivity contribution in [2.24, 2.45) is 35.8 Å². The van der Waals surface area contributed by atoms with Gasteiger partial charge >= 0.3 is 5.97 Å². The largest absolute Gasteiger partial charge is 0.506 e. The van der Waals surface area contributed by atoms with Crippen LogP contribution in [0.2, 0.25) is 0 Å². The minimum absolute atomic E-state index is 0.0393.